The quantitative estimate of drug-likeness (QED) is 0.725. The zero-order valence-electron chi connectivity index (χ0n) is 17.8. The summed E-state index contributed by atoms with van der Waals surface area (Å²) in [5.74, 6) is 0.692. The molecule has 0 spiro atoms. The third kappa shape index (κ3) is 4.15. The van der Waals surface area contributed by atoms with E-state index in [2.05, 4.69) is 14.9 Å². The molecule has 1 fully saturated rings. The van der Waals surface area contributed by atoms with Crippen molar-refractivity contribution >= 4 is 17.3 Å². The van der Waals surface area contributed by atoms with Gasteiger partial charge in [0.25, 0.3) is 0 Å². The number of alkyl halides is 3. The van der Waals surface area contributed by atoms with Crippen molar-refractivity contribution in [3.05, 3.63) is 47.8 Å². The van der Waals surface area contributed by atoms with Gasteiger partial charge in [-0.1, -0.05) is 0 Å². The van der Waals surface area contributed by atoms with Crippen LogP contribution in [0.5, 0.6) is 0 Å². The van der Waals surface area contributed by atoms with Gasteiger partial charge in [0.1, 0.15) is 0 Å². The van der Waals surface area contributed by atoms with Crippen LogP contribution in [0.1, 0.15) is 18.3 Å². The maximum Gasteiger partial charge on any atom is 0.434 e. The van der Waals surface area contributed by atoms with Gasteiger partial charge in [0.05, 0.1) is 43.0 Å². The van der Waals surface area contributed by atoms with Crippen LogP contribution in [0.3, 0.4) is 0 Å². The highest BCUT2D eigenvalue weighted by molar-refractivity contribution is 5.88. The van der Waals surface area contributed by atoms with Gasteiger partial charge in [-0.3, -0.25) is 4.40 Å². The van der Waals surface area contributed by atoms with E-state index in [1.165, 1.54) is 16.8 Å². The number of morpholine rings is 1. The number of rotatable bonds is 3. The summed E-state index contributed by atoms with van der Waals surface area (Å²) in [6.07, 6.45) is 2.07. The van der Waals surface area contributed by atoms with Crippen LogP contribution in [0.15, 0.2) is 41.4 Å². The molecule has 2 unspecified atom stereocenters. The Morgan fingerprint density at radius 1 is 1.31 bits per heavy atom. The number of imidazole rings is 1. The molecule has 2 aliphatic rings. The normalized spacial score (nSPS) is 21.6. The Balaban J connectivity index is 1.66. The van der Waals surface area contributed by atoms with Crippen LogP contribution in [0.2, 0.25) is 0 Å². The molecule has 9 nitrogen and oxygen atoms in total. The molecule has 12 heteroatoms. The Labute approximate surface area is 182 Å². The molecule has 4 rings (SSSR count). The molecule has 2 aromatic rings. The Morgan fingerprint density at radius 3 is 2.78 bits per heavy atom. The summed E-state index contributed by atoms with van der Waals surface area (Å²) >= 11 is 0. The van der Waals surface area contributed by atoms with Gasteiger partial charge in [-0.15, -0.1) is 0 Å². The predicted molar refractivity (Wildman–Crippen MR) is 113 cm³/mol. The lowest BCUT2D eigenvalue weighted by Gasteiger charge is -2.40. The van der Waals surface area contributed by atoms with Crippen molar-refractivity contribution in [1.82, 2.24) is 24.2 Å². The highest BCUT2D eigenvalue weighted by Gasteiger charge is 2.34. The molecule has 0 radical (unpaired) electrons. The number of ether oxygens (including phenoxy) is 1. The van der Waals surface area contributed by atoms with E-state index in [9.17, 15) is 13.2 Å². The summed E-state index contributed by atoms with van der Waals surface area (Å²) in [5, 5.41) is 0. The van der Waals surface area contributed by atoms with Crippen LogP contribution >= 0.6 is 0 Å². The van der Waals surface area contributed by atoms with Gasteiger partial charge in [0, 0.05) is 32.4 Å². The van der Waals surface area contributed by atoms with Gasteiger partial charge in [-0.2, -0.15) is 13.2 Å². The maximum absolute atomic E-state index is 13.2. The van der Waals surface area contributed by atoms with Gasteiger partial charge in [0.15, 0.2) is 11.3 Å². The Kier molecular flexibility index (Phi) is 5.82. The molecule has 0 bridgehead atoms. The molecular formula is C20H25F3N8O. The number of hydrogen-bond acceptors (Lipinski definition) is 8. The number of fused-ring (bicyclic) bond motifs is 1. The molecule has 0 saturated carbocycles. The van der Waals surface area contributed by atoms with Crippen LogP contribution in [0.4, 0.5) is 13.2 Å². The van der Waals surface area contributed by atoms with Crippen molar-refractivity contribution in [2.45, 2.75) is 25.2 Å². The van der Waals surface area contributed by atoms with Crippen LogP contribution in [-0.4, -0.2) is 75.6 Å². The molecule has 172 valence electrons. The zero-order chi connectivity index (χ0) is 23.0. The van der Waals surface area contributed by atoms with Crippen molar-refractivity contribution < 1.29 is 17.9 Å². The van der Waals surface area contributed by atoms with E-state index in [0.717, 1.165) is 18.0 Å². The highest BCUT2D eigenvalue weighted by atomic mass is 19.4. The Hall–Kier alpha value is -3.12. The van der Waals surface area contributed by atoms with E-state index in [-0.39, 0.29) is 12.1 Å². The second-order valence-corrected chi connectivity index (χ2v) is 7.78. The third-order valence-electron chi connectivity index (χ3n) is 5.51. The summed E-state index contributed by atoms with van der Waals surface area (Å²) in [7, 11) is 1.90. The highest BCUT2D eigenvalue weighted by Crippen LogP contribution is 2.29. The largest absolute Gasteiger partial charge is 0.434 e. The van der Waals surface area contributed by atoms with Crippen molar-refractivity contribution in [3.8, 4) is 0 Å². The minimum absolute atomic E-state index is 0.249. The number of likely N-dealkylation sites (N-methyl/N-ethyl adjacent to an activating group) is 1. The van der Waals surface area contributed by atoms with E-state index < -0.39 is 11.9 Å². The van der Waals surface area contributed by atoms with Crippen molar-refractivity contribution in [2.24, 2.45) is 16.5 Å². The number of nitrogens with two attached hydrogens (primary N) is 2. The fourth-order valence-electron chi connectivity index (χ4n) is 3.83. The first-order valence-electron chi connectivity index (χ1n) is 10.1. The number of guanidine groups is 1. The first-order chi connectivity index (χ1) is 15.2. The number of aliphatic imine (C=N–C) groups is 1. The maximum atomic E-state index is 13.2. The van der Waals surface area contributed by atoms with Gasteiger partial charge < -0.3 is 26.0 Å². The molecule has 1 saturated heterocycles. The van der Waals surface area contributed by atoms with Crippen molar-refractivity contribution in [2.75, 3.05) is 33.3 Å². The average molecular weight is 450 g/mol. The lowest BCUT2D eigenvalue weighted by atomic mass is 10.0. The molecule has 2 atom stereocenters. The van der Waals surface area contributed by atoms with Gasteiger partial charge >= 0.3 is 6.18 Å². The lowest BCUT2D eigenvalue weighted by Crippen LogP contribution is -2.53. The number of nitrogens with zero attached hydrogens (tertiary/aromatic N) is 6. The minimum atomic E-state index is -4.55. The Bertz CT molecular complexity index is 1090. The molecule has 4 N–H and O–H groups in total. The first-order valence-corrected chi connectivity index (χ1v) is 10.1. The van der Waals surface area contributed by atoms with Crippen LogP contribution < -0.4 is 11.5 Å². The van der Waals surface area contributed by atoms with Gasteiger partial charge in [-0.25, -0.2) is 15.0 Å². The minimum Gasteiger partial charge on any atom is -0.405 e. The number of hydrogen-bond donors (Lipinski definition) is 2. The predicted octanol–water partition coefficient (Wildman–Crippen LogP) is 1.28. The average Bonchev–Trinajstić information content (AvgIpc) is 3.17. The third-order valence-corrected chi connectivity index (χ3v) is 5.51. The number of halogens is 3. The van der Waals surface area contributed by atoms with Crippen LogP contribution in [0, 0.1) is 0 Å². The van der Waals surface area contributed by atoms with Crippen molar-refractivity contribution in [3.63, 3.8) is 0 Å². The lowest BCUT2D eigenvalue weighted by molar-refractivity contribution is -0.141. The van der Waals surface area contributed by atoms with E-state index in [4.69, 9.17) is 21.2 Å². The summed E-state index contributed by atoms with van der Waals surface area (Å²) in [6.45, 7) is 3.97. The molecule has 0 aromatic carbocycles. The summed E-state index contributed by atoms with van der Waals surface area (Å²) in [4.78, 5) is 16.4. The van der Waals surface area contributed by atoms with E-state index >= 15 is 0 Å². The van der Waals surface area contributed by atoms with E-state index in [1.54, 1.807) is 0 Å². The van der Waals surface area contributed by atoms with Crippen LogP contribution in [-0.2, 0) is 10.9 Å². The first kappa shape index (κ1) is 22.1. The van der Waals surface area contributed by atoms with E-state index in [0.29, 0.717) is 49.2 Å². The summed E-state index contributed by atoms with van der Waals surface area (Å²) < 4.78 is 46.7. The van der Waals surface area contributed by atoms with E-state index in [1.807, 2.05) is 24.9 Å². The number of aromatic nitrogens is 3. The molecule has 2 aliphatic heterocycles. The SMILES string of the molecule is CC(N)/C(=C\N)C1CN(C2=NC(c3cnc4cnc(C(F)(F)F)cn34)=CCN2C)CCO1. The standard InChI is InChI=1S/C20H25F3N8O/c1-12(25)13(7-24)16-10-30(5-6-32-16)19-28-14(3-4-29(19)2)15-8-27-18-9-26-17(11-31(15)18)20(21,22)23/h3,7-9,11-12,16H,4-6,10,24-25H2,1-2H3/b13-7+. The second kappa shape index (κ2) is 8.43. The summed E-state index contributed by atoms with van der Waals surface area (Å²) in [5.41, 5.74) is 12.9. The molecule has 2 aromatic heterocycles. The topological polar surface area (TPSA) is 110 Å². The smallest absolute Gasteiger partial charge is 0.405 e. The van der Waals surface area contributed by atoms with Crippen LogP contribution in [0.25, 0.3) is 11.3 Å². The monoisotopic (exact) mass is 450 g/mol. The second-order valence-electron chi connectivity index (χ2n) is 7.78. The molecular weight excluding hydrogens is 425 g/mol. The molecule has 0 amide bonds. The zero-order valence-corrected chi connectivity index (χ0v) is 17.8. The fourth-order valence-corrected chi connectivity index (χ4v) is 3.83. The fraction of sp³-hybridized carbons (Fsp3) is 0.450. The van der Waals surface area contributed by atoms with Crippen molar-refractivity contribution in [1.29, 1.82) is 0 Å². The summed E-state index contributed by atoms with van der Waals surface area (Å²) in [6, 6.07) is -0.249. The Morgan fingerprint density at radius 2 is 2.09 bits per heavy atom. The molecule has 0 aliphatic carbocycles. The van der Waals surface area contributed by atoms with Gasteiger partial charge in [-0.05, 0) is 24.8 Å². The van der Waals surface area contributed by atoms with Gasteiger partial charge in [0.2, 0.25) is 5.96 Å². The molecule has 32 heavy (non-hydrogen) atoms. The molecule has 4 heterocycles.